The molecule has 2 saturated carbocycles. The number of rotatable bonds is 14. The number of Topliss-reactive ketones (excluding diaryl/α,β-unsaturated/α-hetero) is 1. The number of pyridine rings is 7. The molecule has 147 heavy (non-hydrogen) atoms. The van der Waals surface area contributed by atoms with Crippen LogP contribution in [-0.4, -0.2) is 45.8 Å². The average Bonchev–Trinajstić information content (AvgIpc) is 0.796. The first kappa shape index (κ1) is 77.9. The summed E-state index contributed by atoms with van der Waals surface area (Å²) in [4.78, 5) is 42.7. The van der Waals surface area contributed by atoms with Crippen molar-refractivity contribution in [2.24, 2.45) is 17.3 Å². The molecule has 0 saturated heterocycles. The van der Waals surface area contributed by atoms with Gasteiger partial charge in [0, 0.05) is 202 Å². The monoisotopic (exact) mass is 2680 g/mol. The van der Waals surface area contributed by atoms with Gasteiger partial charge in [-0.3, -0.25) is 9.78 Å². The van der Waals surface area contributed by atoms with E-state index in [-0.39, 0.29) is 159 Å². The van der Waals surface area contributed by atoms with Crippen molar-refractivity contribution in [2.45, 2.75) is 194 Å². The van der Waals surface area contributed by atoms with Crippen molar-refractivity contribution in [1.82, 2.24) is 34.9 Å². The quantitative estimate of drug-likeness (QED) is 0.0643. The molecule has 13 heteroatoms. The second kappa shape index (κ2) is 58.9. The summed E-state index contributed by atoms with van der Waals surface area (Å²) in [6, 6.07) is 106. The van der Waals surface area contributed by atoms with Crippen molar-refractivity contribution in [1.29, 1.82) is 0 Å². The minimum Gasteiger partial charge on any atom is -0.512 e. The van der Waals surface area contributed by atoms with Crippen LogP contribution in [0.3, 0.4) is 0 Å². The maximum atomic E-state index is 12.4. The summed E-state index contributed by atoms with van der Waals surface area (Å²) in [5.74, 6) is 1.07. The Morgan fingerprint density at radius 2 is 0.714 bits per heavy atom. The first-order valence-electron chi connectivity index (χ1n) is 63.9. The molecule has 0 amide bonds. The van der Waals surface area contributed by atoms with E-state index in [4.69, 9.17) is 50.2 Å². The van der Waals surface area contributed by atoms with E-state index in [1.165, 1.54) is 159 Å². The number of allylic oxidation sites excluding steroid dienone is 2. The summed E-state index contributed by atoms with van der Waals surface area (Å²) in [7, 11) is 0. The molecule has 20 rings (SSSR count). The van der Waals surface area contributed by atoms with Crippen LogP contribution in [0.4, 0.5) is 0 Å². The number of aryl methyl sites for hydroxylation is 14. The number of hydrogen-bond donors (Lipinski definition) is 1. The second-order valence-corrected chi connectivity index (χ2v) is 36.1. The molecular formula is C134H134Ir4N7O2-7. The Morgan fingerprint density at radius 3 is 1.10 bits per heavy atom. The van der Waals surface area contributed by atoms with Gasteiger partial charge in [0.05, 0.1) is 5.52 Å². The molecule has 760 valence electrons. The van der Waals surface area contributed by atoms with Gasteiger partial charge in [0.1, 0.15) is 5.76 Å². The van der Waals surface area contributed by atoms with E-state index in [0.29, 0.717) is 112 Å². The van der Waals surface area contributed by atoms with Crippen LogP contribution < -0.4 is 0 Å². The van der Waals surface area contributed by atoms with Crippen LogP contribution in [0.1, 0.15) is 221 Å². The van der Waals surface area contributed by atoms with E-state index in [1.807, 2.05) is 91.9 Å². The molecule has 2 fully saturated rings. The summed E-state index contributed by atoms with van der Waals surface area (Å²) >= 11 is 0. The fourth-order valence-corrected chi connectivity index (χ4v) is 16.2. The number of aromatic nitrogens is 7. The van der Waals surface area contributed by atoms with Crippen LogP contribution in [0, 0.1) is 156 Å². The number of aliphatic hydroxyl groups is 1. The molecule has 0 unspecified atom stereocenters. The number of carbonyl (C=O) groups is 1. The SMILES string of the molecule is CC(C(=O)C1CCCCC1)=C(O)C1CCCCC1.Cc1[c-]c(-c2ccc3c(CC(C)(C)C)cccc3n2)cc(C)c1.[2H]C([2H])([2H])c1c[c-]c(-c2cc(C)c(C([2H])([2H])[2H])cn2)cc1.[2H]C([2H])([2H])c1c[c-]c(-c2ccc(C([2H])([2H])[2H])cn2)cc1.[2H]C([2H])([2H])c1c[c-]c(-c2ccc(C([2H])([2H])[2H])cn2)cc1.[2H]C([2H])([2H])c1cc(-c2[c-]cccc2)ncc1-c1ccccc1.[2H]C([2H])([2H])c1ccc(-c2cnc(-c3[c-]cccc3)cc2C([2H])([2H])[2H])cc1.[2H]C([2H])([2H])c1ccc(-c2cnc(-c3[c-]cccc3)cc2C([2H])([2H])[2H])cc1.[Ir].[Ir].[Ir].[Ir]. The van der Waals surface area contributed by atoms with Crippen molar-refractivity contribution < 1.29 is 136 Å². The third-order valence-electron chi connectivity index (χ3n) is 23.7. The zero-order valence-corrected chi connectivity index (χ0v) is 92.1. The summed E-state index contributed by atoms with van der Waals surface area (Å²) < 4.78 is 247. The van der Waals surface area contributed by atoms with Crippen LogP contribution in [0.5, 0.6) is 0 Å². The third-order valence-corrected chi connectivity index (χ3v) is 23.7. The Kier molecular flexibility index (Phi) is 31.2. The molecule has 0 atom stereocenters. The largest absolute Gasteiger partial charge is 0.512 e. The molecule has 2 aliphatic carbocycles. The van der Waals surface area contributed by atoms with Gasteiger partial charge in [-0.25, -0.2) is 0 Å². The van der Waals surface area contributed by atoms with Gasteiger partial charge in [-0.2, -0.15) is 0 Å². The normalized spacial score (nSPS) is 16.3. The zero-order chi connectivity index (χ0) is 129. The van der Waals surface area contributed by atoms with Crippen LogP contribution in [0.2, 0.25) is 0 Å². The Labute approximate surface area is 976 Å². The van der Waals surface area contributed by atoms with E-state index in [0.717, 1.165) is 65.6 Å². The standard InChI is InChI=1S/C22H24N.2C19H16N.C18H14N.C16H26O2.C14H14N.2C13H12N.4Ir/c1-15-11-16(2)13-18(12-15)20-10-9-19-17(14-22(3,4)5)7-6-8-21(19)23-20;2*1-14-8-10-16(11-9-14)18-13-20-19(12-15(18)2)17-6-4-3-5-7-17;1-14-12-18(16-10-6-3-7-11-16)19-13-17(14)15-8-4-2-5-9-15;1-12(15(17)13-8-4-2-5-9-13)16(18)14-10-6-3-7-11-14;1-10-4-6-13(7-5-10)14-8-11(2)12(3)9-15-14;2*1-10-3-6-12(7-4-10)13-8-5-11(2)9-14-13;;;;/h6-12H,14H2,1-5H3;2*3-6,8-13H,1-2H3;2-10,12-13H,1H3;13-14,17H,2-11H2,1H3;4-6,8-9H,1-3H3;2*3-6,8-9H,1-2H3;;;;/q4*-1;;3*-1;;;;/i;2*1D3,2D3;1D3;;1D3,3D3;2*1D3,2D3;;;;. The number of nitrogens with zero attached hydrogens (tertiary/aromatic N) is 7. The molecule has 18 aromatic rings. The Morgan fingerprint density at radius 1 is 0.333 bits per heavy atom. The van der Waals surface area contributed by atoms with Crippen molar-refractivity contribution in [3.8, 4) is 112 Å². The van der Waals surface area contributed by atoms with Gasteiger partial charge in [-0.15, -0.1) is 249 Å². The summed E-state index contributed by atoms with van der Waals surface area (Å²) in [6.07, 6.45) is 21.1. The molecule has 0 aliphatic heterocycles. The van der Waals surface area contributed by atoms with E-state index >= 15 is 0 Å². The number of fused-ring (bicyclic) bond motifs is 1. The van der Waals surface area contributed by atoms with Gasteiger partial charge in [-0.1, -0.05) is 262 Å². The van der Waals surface area contributed by atoms with Crippen LogP contribution in [0.15, 0.2) is 346 Å². The van der Waals surface area contributed by atoms with Crippen molar-refractivity contribution in [2.75, 3.05) is 0 Å². The van der Waals surface area contributed by atoms with Crippen molar-refractivity contribution in [3.63, 3.8) is 0 Å². The Bertz CT molecular complexity index is 8140. The molecule has 0 bridgehead atoms. The first-order chi connectivity index (χ1) is 82.3. The van der Waals surface area contributed by atoms with Gasteiger partial charge >= 0.3 is 0 Å². The molecule has 7 aromatic heterocycles. The van der Waals surface area contributed by atoms with E-state index < -0.39 is 75.4 Å². The number of aliphatic hydroxyl groups excluding tert-OH is 1. The smallest absolute Gasteiger partial charge is 0.164 e. The van der Waals surface area contributed by atoms with Crippen molar-refractivity contribution >= 4 is 16.7 Å². The predicted molar refractivity (Wildman–Crippen MR) is 596 cm³/mol. The molecule has 7 heterocycles. The molecule has 2 aliphatic rings. The fourth-order valence-electron chi connectivity index (χ4n) is 16.2. The summed E-state index contributed by atoms with van der Waals surface area (Å²) in [6.45, 7) is -9.71. The molecule has 9 nitrogen and oxygen atoms in total. The minimum atomic E-state index is -2.33. The molecule has 1 N–H and O–H groups in total. The maximum absolute atomic E-state index is 12.4. The number of carbonyl (C=O) groups excluding carboxylic acids is 1. The summed E-state index contributed by atoms with van der Waals surface area (Å²) in [5, 5.41) is 11.6. The minimum absolute atomic E-state index is 0. The maximum Gasteiger partial charge on any atom is 0.164 e. The van der Waals surface area contributed by atoms with Crippen molar-refractivity contribution in [3.05, 3.63) is 472 Å². The zero-order valence-electron chi connectivity index (χ0n) is 116. The second-order valence-electron chi connectivity index (χ2n) is 36.1. The average molecular weight is 2680 g/mol. The van der Waals surface area contributed by atoms with Gasteiger partial charge in [0.2, 0.25) is 0 Å². The Balaban J connectivity index is 0.000000224. The van der Waals surface area contributed by atoms with Gasteiger partial charge in [-0.05, 0) is 208 Å². The number of benzene rings is 11. The molecule has 4 radical (unpaired) electrons. The summed E-state index contributed by atoms with van der Waals surface area (Å²) in [5.41, 5.74) is 21.8. The topological polar surface area (TPSA) is 128 Å². The molecule has 0 spiro atoms. The third kappa shape index (κ3) is 35.9. The van der Waals surface area contributed by atoms with E-state index in [2.05, 4.69) is 149 Å². The van der Waals surface area contributed by atoms with Crippen LogP contribution in [0.25, 0.3) is 123 Å². The number of ketones is 1. The van der Waals surface area contributed by atoms with Crippen LogP contribution in [-0.2, 0) is 91.6 Å². The van der Waals surface area contributed by atoms with Gasteiger partial charge in [0.25, 0.3) is 0 Å². The number of hydrogen-bond acceptors (Lipinski definition) is 9. The van der Waals surface area contributed by atoms with Gasteiger partial charge in [0.15, 0.2) is 5.78 Å². The molecular weight excluding hydrogens is 2510 g/mol. The van der Waals surface area contributed by atoms with E-state index in [9.17, 15) is 9.90 Å². The van der Waals surface area contributed by atoms with E-state index in [1.54, 1.807) is 110 Å². The first-order valence-corrected chi connectivity index (χ1v) is 47.4. The van der Waals surface area contributed by atoms with Crippen LogP contribution >= 0.6 is 0 Å². The Hall–Kier alpha value is -12.5. The fraction of sp³-hybridized carbons (Fsp3) is 0.239. The molecule has 11 aromatic carbocycles. The predicted octanol–water partition coefficient (Wildman–Crippen LogP) is 34.4. The van der Waals surface area contributed by atoms with Gasteiger partial charge < -0.3 is 35.0 Å².